The number of rotatable bonds is 1. The van der Waals surface area contributed by atoms with Crippen LogP contribution in [0.3, 0.4) is 0 Å². The largest absolute Gasteiger partial charge is 0.490 e. The van der Waals surface area contributed by atoms with E-state index in [1.165, 1.54) is 11.1 Å². The second-order valence-electron chi connectivity index (χ2n) is 4.36. The summed E-state index contributed by atoms with van der Waals surface area (Å²) in [7, 11) is 0. The van der Waals surface area contributed by atoms with Crippen molar-refractivity contribution in [3.8, 4) is 11.5 Å². The minimum absolute atomic E-state index is 0.530. The maximum Gasteiger partial charge on any atom is 0.161 e. The van der Waals surface area contributed by atoms with Crippen LogP contribution in [0.15, 0.2) is 12.1 Å². The van der Waals surface area contributed by atoms with E-state index in [0.717, 1.165) is 31.1 Å². The molecule has 2 rings (SSSR count). The van der Waals surface area contributed by atoms with Gasteiger partial charge in [-0.25, -0.2) is 0 Å². The third-order valence-electron chi connectivity index (χ3n) is 2.76. The number of aryl methyl sites for hydroxylation is 1. The van der Waals surface area contributed by atoms with Gasteiger partial charge in [0.1, 0.15) is 0 Å². The fraction of sp³-hybridized carbons (Fsp3) is 0.538. The smallest absolute Gasteiger partial charge is 0.161 e. The molecule has 0 fully saturated rings. The molecular formula is C13H18O2. The first-order valence-corrected chi connectivity index (χ1v) is 5.58. The van der Waals surface area contributed by atoms with E-state index in [4.69, 9.17) is 9.47 Å². The van der Waals surface area contributed by atoms with Crippen LogP contribution in [0, 0.1) is 6.92 Å². The third-order valence-corrected chi connectivity index (χ3v) is 2.76. The lowest BCUT2D eigenvalue weighted by atomic mass is 9.97. The Balaban J connectivity index is 2.42. The molecule has 1 aromatic carbocycles. The van der Waals surface area contributed by atoms with E-state index in [9.17, 15) is 0 Å². The molecule has 0 saturated heterocycles. The predicted octanol–water partition coefficient (Wildman–Crippen LogP) is 3.28. The summed E-state index contributed by atoms with van der Waals surface area (Å²) in [6.45, 7) is 8.05. The standard InChI is InChI=1S/C13H18O2/c1-9(2)11-8-13-12(7-10(11)3)14-5-4-6-15-13/h7-9H,4-6H2,1-3H3. The van der Waals surface area contributed by atoms with E-state index in [0.29, 0.717) is 5.92 Å². The average Bonchev–Trinajstić information content (AvgIpc) is 2.40. The molecule has 0 amide bonds. The van der Waals surface area contributed by atoms with Crippen LogP contribution in [0.25, 0.3) is 0 Å². The zero-order chi connectivity index (χ0) is 10.8. The molecule has 15 heavy (non-hydrogen) atoms. The van der Waals surface area contributed by atoms with E-state index in [1.807, 2.05) is 0 Å². The predicted molar refractivity (Wildman–Crippen MR) is 60.9 cm³/mol. The molecule has 1 aliphatic rings. The second-order valence-corrected chi connectivity index (χ2v) is 4.36. The van der Waals surface area contributed by atoms with Gasteiger partial charge in [-0.15, -0.1) is 0 Å². The molecule has 82 valence electrons. The lowest BCUT2D eigenvalue weighted by molar-refractivity contribution is 0.297. The summed E-state index contributed by atoms with van der Waals surface area (Å²) >= 11 is 0. The topological polar surface area (TPSA) is 18.5 Å². The Morgan fingerprint density at radius 2 is 1.67 bits per heavy atom. The molecule has 0 atom stereocenters. The van der Waals surface area contributed by atoms with Crippen LogP contribution in [-0.2, 0) is 0 Å². The van der Waals surface area contributed by atoms with Gasteiger partial charge in [-0.1, -0.05) is 13.8 Å². The Labute approximate surface area is 91.2 Å². The number of fused-ring (bicyclic) bond motifs is 1. The van der Waals surface area contributed by atoms with Crippen molar-refractivity contribution in [1.29, 1.82) is 0 Å². The number of ether oxygens (including phenoxy) is 2. The summed E-state index contributed by atoms with van der Waals surface area (Å²) in [6, 6.07) is 4.22. The van der Waals surface area contributed by atoms with Gasteiger partial charge in [0.05, 0.1) is 13.2 Å². The van der Waals surface area contributed by atoms with Crippen LogP contribution < -0.4 is 9.47 Å². The highest BCUT2D eigenvalue weighted by molar-refractivity contribution is 5.48. The van der Waals surface area contributed by atoms with Crippen molar-refractivity contribution in [3.63, 3.8) is 0 Å². The highest BCUT2D eigenvalue weighted by Gasteiger charge is 2.14. The number of hydrogen-bond donors (Lipinski definition) is 0. The van der Waals surface area contributed by atoms with Gasteiger partial charge < -0.3 is 9.47 Å². The van der Waals surface area contributed by atoms with E-state index in [1.54, 1.807) is 0 Å². The van der Waals surface area contributed by atoms with Gasteiger partial charge in [-0.05, 0) is 36.1 Å². The van der Waals surface area contributed by atoms with E-state index < -0.39 is 0 Å². The summed E-state index contributed by atoms with van der Waals surface area (Å²) in [5, 5.41) is 0. The highest BCUT2D eigenvalue weighted by atomic mass is 16.5. The lowest BCUT2D eigenvalue weighted by Crippen LogP contribution is -1.97. The lowest BCUT2D eigenvalue weighted by Gasteiger charge is -2.14. The molecule has 0 unspecified atom stereocenters. The van der Waals surface area contributed by atoms with Crippen molar-refractivity contribution in [2.45, 2.75) is 33.1 Å². The summed E-state index contributed by atoms with van der Waals surface area (Å²) in [4.78, 5) is 0. The second kappa shape index (κ2) is 4.13. The molecule has 0 spiro atoms. The first-order chi connectivity index (χ1) is 7.18. The van der Waals surface area contributed by atoms with E-state index in [2.05, 4.69) is 32.9 Å². The van der Waals surface area contributed by atoms with Gasteiger partial charge in [0, 0.05) is 6.42 Å². The van der Waals surface area contributed by atoms with Gasteiger partial charge in [-0.3, -0.25) is 0 Å². The molecule has 0 saturated carbocycles. The molecule has 0 bridgehead atoms. The van der Waals surface area contributed by atoms with Crippen LogP contribution in [-0.4, -0.2) is 13.2 Å². The molecule has 0 aliphatic carbocycles. The summed E-state index contributed by atoms with van der Waals surface area (Å²) in [5.41, 5.74) is 2.63. The Hall–Kier alpha value is -1.18. The fourth-order valence-electron chi connectivity index (χ4n) is 1.95. The van der Waals surface area contributed by atoms with Crippen LogP contribution in [0.5, 0.6) is 11.5 Å². The zero-order valence-electron chi connectivity index (χ0n) is 9.67. The van der Waals surface area contributed by atoms with Crippen molar-refractivity contribution in [2.24, 2.45) is 0 Å². The molecule has 0 N–H and O–H groups in total. The maximum absolute atomic E-state index is 5.67. The average molecular weight is 206 g/mol. The Bertz CT molecular complexity index is 356. The SMILES string of the molecule is Cc1cc2c(cc1C(C)C)OCCCO2. The Kier molecular flexibility index (Phi) is 2.85. The van der Waals surface area contributed by atoms with Crippen LogP contribution in [0.2, 0.25) is 0 Å². The van der Waals surface area contributed by atoms with Crippen LogP contribution in [0.1, 0.15) is 37.3 Å². The number of benzene rings is 1. The van der Waals surface area contributed by atoms with E-state index >= 15 is 0 Å². The van der Waals surface area contributed by atoms with Crippen LogP contribution in [0.4, 0.5) is 0 Å². The van der Waals surface area contributed by atoms with Gasteiger partial charge in [-0.2, -0.15) is 0 Å². The molecule has 1 aromatic rings. The van der Waals surface area contributed by atoms with Gasteiger partial charge in [0.15, 0.2) is 11.5 Å². The summed E-state index contributed by atoms with van der Waals surface area (Å²) < 4.78 is 11.3. The van der Waals surface area contributed by atoms with Crippen molar-refractivity contribution < 1.29 is 9.47 Å². The molecule has 0 radical (unpaired) electrons. The van der Waals surface area contributed by atoms with Gasteiger partial charge in [0.2, 0.25) is 0 Å². The third kappa shape index (κ3) is 2.09. The van der Waals surface area contributed by atoms with Crippen molar-refractivity contribution in [3.05, 3.63) is 23.3 Å². The van der Waals surface area contributed by atoms with Crippen molar-refractivity contribution in [1.82, 2.24) is 0 Å². The van der Waals surface area contributed by atoms with Crippen LogP contribution >= 0.6 is 0 Å². The van der Waals surface area contributed by atoms with Gasteiger partial charge in [0.25, 0.3) is 0 Å². The monoisotopic (exact) mass is 206 g/mol. The Morgan fingerprint density at radius 1 is 1.07 bits per heavy atom. The molecule has 2 heteroatoms. The molecule has 0 aromatic heterocycles. The van der Waals surface area contributed by atoms with Crippen molar-refractivity contribution >= 4 is 0 Å². The minimum atomic E-state index is 0.530. The zero-order valence-corrected chi connectivity index (χ0v) is 9.67. The molecule has 1 heterocycles. The quantitative estimate of drug-likeness (QED) is 0.702. The summed E-state index contributed by atoms with van der Waals surface area (Å²) in [5.74, 6) is 2.33. The molecule has 1 aliphatic heterocycles. The van der Waals surface area contributed by atoms with E-state index in [-0.39, 0.29) is 0 Å². The highest BCUT2D eigenvalue weighted by Crippen LogP contribution is 2.35. The Morgan fingerprint density at radius 3 is 2.27 bits per heavy atom. The molecule has 2 nitrogen and oxygen atoms in total. The fourth-order valence-corrected chi connectivity index (χ4v) is 1.95. The minimum Gasteiger partial charge on any atom is -0.490 e. The molecular weight excluding hydrogens is 188 g/mol. The van der Waals surface area contributed by atoms with Gasteiger partial charge >= 0.3 is 0 Å². The normalized spacial score (nSPS) is 15.2. The first kappa shape index (κ1) is 10.3. The maximum atomic E-state index is 5.67. The van der Waals surface area contributed by atoms with Crippen molar-refractivity contribution in [2.75, 3.05) is 13.2 Å². The summed E-state index contributed by atoms with van der Waals surface area (Å²) in [6.07, 6.45) is 0.963. The number of hydrogen-bond acceptors (Lipinski definition) is 2. The first-order valence-electron chi connectivity index (χ1n) is 5.58.